The zero-order valence-corrected chi connectivity index (χ0v) is 8.92. The summed E-state index contributed by atoms with van der Waals surface area (Å²) in [5.74, 6) is 1.51. The fourth-order valence-corrected chi connectivity index (χ4v) is 1.88. The summed E-state index contributed by atoms with van der Waals surface area (Å²) in [5.41, 5.74) is 0.0201. The average molecular weight is 233 g/mol. The lowest BCUT2D eigenvalue weighted by Gasteiger charge is -1.97. The largest absolute Gasteiger partial charge is 0.287 e. The van der Waals surface area contributed by atoms with Crippen LogP contribution in [0.3, 0.4) is 0 Å². The van der Waals surface area contributed by atoms with Gasteiger partial charge in [0.2, 0.25) is 0 Å². The summed E-state index contributed by atoms with van der Waals surface area (Å²) < 4.78 is 0. The molecule has 1 aromatic heterocycles. The van der Waals surface area contributed by atoms with E-state index in [1.807, 2.05) is 0 Å². The Labute approximate surface area is 90.8 Å². The standard InChI is InChI=1S/C8H9ClN2O2S/c9-4-1-5-14-8-3-2-7(6-10-8)11(12)13/h2-3,6H,1,4-5H2. The van der Waals surface area contributed by atoms with Gasteiger partial charge in [-0.1, -0.05) is 0 Å². The monoisotopic (exact) mass is 232 g/mol. The fourth-order valence-electron chi connectivity index (χ4n) is 0.797. The first kappa shape index (κ1) is 11.3. The van der Waals surface area contributed by atoms with Gasteiger partial charge in [0.05, 0.1) is 9.95 Å². The van der Waals surface area contributed by atoms with Crippen LogP contribution in [0, 0.1) is 10.1 Å². The van der Waals surface area contributed by atoms with Crippen molar-refractivity contribution in [3.63, 3.8) is 0 Å². The van der Waals surface area contributed by atoms with E-state index in [4.69, 9.17) is 11.6 Å². The third kappa shape index (κ3) is 3.51. The molecule has 0 aromatic carbocycles. The zero-order chi connectivity index (χ0) is 10.4. The molecule has 1 rings (SSSR count). The maximum Gasteiger partial charge on any atom is 0.287 e. The van der Waals surface area contributed by atoms with Crippen LogP contribution in [0.15, 0.2) is 23.4 Å². The third-order valence-corrected chi connectivity index (χ3v) is 2.76. The van der Waals surface area contributed by atoms with Crippen molar-refractivity contribution in [2.45, 2.75) is 11.4 Å². The van der Waals surface area contributed by atoms with Crippen LogP contribution in [-0.4, -0.2) is 21.5 Å². The van der Waals surface area contributed by atoms with Gasteiger partial charge >= 0.3 is 0 Å². The molecule has 0 radical (unpaired) electrons. The summed E-state index contributed by atoms with van der Waals surface area (Å²) in [6.45, 7) is 0. The summed E-state index contributed by atoms with van der Waals surface area (Å²) in [5, 5.41) is 11.1. The number of aromatic nitrogens is 1. The Morgan fingerprint density at radius 2 is 2.36 bits per heavy atom. The molecule has 0 unspecified atom stereocenters. The minimum atomic E-state index is -0.458. The van der Waals surface area contributed by atoms with Crippen molar-refractivity contribution in [3.05, 3.63) is 28.4 Å². The van der Waals surface area contributed by atoms with Crippen LogP contribution in [0.5, 0.6) is 0 Å². The first-order chi connectivity index (χ1) is 6.74. The summed E-state index contributed by atoms with van der Waals surface area (Å²) in [6.07, 6.45) is 2.17. The van der Waals surface area contributed by atoms with E-state index in [9.17, 15) is 10.1 Å². The lowest BCUT2D eigenvalue weighted by atomic mass is 10.4. The van der Waals surface area contributed by atoms with Gasteiger partial charge in [-0.15, -0.1) is 23.4 Å². The smallest absolute Gasteiger partial charge is 0.258 e. The maximum atomic E-state index is 10.3. The Morgan fingerprint density at radius 1 is 1.57 bits per heavy atom. The Hall–Kier alpha value is -0.810. The molecule has 0 aliphatic rings. The van der Waals surface area contributed by atoms with Crippen molar-refractivity contribution in [2.24, 2.45) is 0 Å². The Bertz CT molecular complexity index is 305. The topological polar surface area (TPSA) is 56.0 Å². The van der Waals surface area contributed by atoms with Crippen LogP contribution in [-0.2, 0) is 0 Å². The molecule has 4 nitrogen and oxygen atoms in total. The van der Waals surface area contributed by atoms with Gasteiger partial charge < -0.3 is 0 Å². The molecule has 0 aliphatic carbocycles. The van der Waals surface area contributed by atoms with E-state index >= 15 is 0 Å². The van der Waals surface area contributed by atoms with Crippen molar-refractivity contribution in [3.8, 4) is 0 Å². The number of hydrogen-bond acceptors (Lipinski definition) is 4. The molecule has 0 N–H and O–H groups in total. The van der Waals surface area contributed by atoms with Gasteiger partial charge in [0, 0.05) is 17.7 Å². The van der Waals surface area contributed by atoms with E-state index < -0.39 is 4.92 Å². The predicted molar refractivity (Wildman–Crippen MR) is 57.0 cm³/mol. The van der Waals surface area contributed by atoms with Gasteiger partial charge in [0.1, 0.15) is 6.20 Å². The number of alkyl halides is 1. The summed E-state index contributed by atoms with van der Waals surface area (Å²) in [6, 6.07) is 3.10. The summed E-state index contributed by atoms with van der Waals surface area (Å²) >= 11 is 7.06. The Morgan fingerprint density at radius 3 is 2.86 bits per heavy atom. The first-order valence-corrected chi connectivity index (χ1v) is 5.55. The van der Waals surface area contributed by atoms with Gasteiger partial charge in [0.25, 0.3) is 5.69 Å². The molecule has 1 aromatic rings. The highest BCUT2D eigenvalue weighted by Crippen LogP contribution is 2.18. The number of thioether (sulfide) groups is 1. The molecule has 0 atom stereocenters. The van der Waals surface area contributed by atoms with Gasteiger partial charge in [-0.3, -0.25) is 10.1 Å². The van der Waals surface area contributed by atoms with Gasteiger partial charge in [-0.05, 0) is 12.5 Å². The highest BCUT2D eigenvalue weighted by atomic mass is 35.5. The van der Waals surface area contributed by atoms with Crippen LogP contribution in [0.25, 0.3) is 0 Å². The van der Waals surface area contributed by atoms with Crippen molar-refractivity contribution in [1.82, 2.24) is 4.98 Å². The molecule has 76 valence electrons. The number of nitro groups is 1. The highest BCUT2D eigenvalue weighted by molar-refractivity contribution is 7.99. The minimum absolute atomic E-state index is 0.0201. The van der Waals surface area contributed by atoms with E-state index in [0.29, 0.717) is 5.88 Å². The van der Waals surface area contributed by atoms with Gasteiger partial charge in [0.15, 0.2) is 0 Å². The summed E-state index contributed by atoms with van der Waals surface area (Å²) in [7, 11) is 0. The molecule has 0 amide bonds. The molecular weight excluding hydrogens is 224 g/mol. The second kappa shape index (κ2) is 5.82. The molecule has 0 spiro atoms. The molecule has 0 aliphatic heterocycles. The average Bonchev–Trinajstić information content (AvgIpc) is 2.19. The maximum absolute atomic E-state index is 10.3. The lowest BCUT2D eigenvalue weighted by molar-refractivity contribution is -0.385. The van der Waals surface area contributed by atoms with Crippen LogP contribution in [0.1, 0.15) is 6.42 Å². The van der Waals surface area contributed by atoms with Crippen LogP contribution in [0.2, 0.25) is 0 Å². The highest BCUT2D eigenvalue weighted by Gasteiger charge is 2.04. The van der Waals surface area contributed by atoms with Crippen LogP contribution in [0.4, 0.5) is 5.69 Å². The van der Waals surface area contributed by atoms with Gasteiger partial charge in [-0.2, -0.15) is 0 Å². The minimum Gasteiger partial charge on any atom is -0.258 e. The lowest BCUT2D eigenvalue weighted by Crippen LogP contribution is -1.90. The van der Waals surface area contributed by atoms with E-state index in [2.05, 4.69) is 4.98 Å². The van der Waals surface area contributed by atoms with E-state index in [-0.39, 0.29) is 5.69 Å². The molecule has 0 saturated heterocycles. The third-order valence-electron chi connectivity index (χ3n) is 1.46. The van der Waals surface area contributed by atoms with Crippen LogP contribution >= 0.6 is 23.4 Å². The zero-order valence-electron chi connectivity index (χ0n) is 7.35. The van der Waals surface area contributed by atoms with Gasteiger partial charge in [-0.25, -0.2) is 4.98 Å². The second-order valence-electron chi connectivity index (χ2n) is 2.50. The fraction of sp³-hybridized carbons (Fsp3) is 0.375. The molecule has 0 fully saturated rings. The quantitative estimate of drug-likeness (QED) is 0.258. The predicted octanol–water partition coefficient (Wildman–Crippen LogP) is 2.71. The van der Waals surface area contributed by atoms with Crippen molar-refractivity contribution in [1.29, 1.82) is 0 Å². The number of nitrogens with zero attached hydrogens (tertiary/aromatic N) is 2. The Balaban J connectivity index is 2.51. The number of pyridine rings is 1. The molecule has 6 heteroatoms. The van der Waals surface area contributed by atoms with E-state index in [0.717, 1.165) is 17.2 Å². The number of hydrogen-bond donors (Lipinski definition) is 0. The molecule has 0 saturated carbocycles. The SMILES string of the molecule is O=[N+]([O-])c1ccc(SCCCCl)nc1. The van der Waals surface area contributed by atoms with Crippen molar-refractivity contribution < 1.29 is 4.92 Å². The summed E-state index contributed by atoms with van der Waals surface area (Å²) in [4.78, 5) is 13.8. The molecule has 1 heterocycles. The Kier molecular flexibility index (Phi) is 4.69. The number of halogens is 1. The molecular formula is C8H9ClN2O2S. The second-order valence-corrected chi connectivity index (χ2v) is 4.00. The van der Waals surface area contributed by atoms with Crippen molar-refractivity contribution in [2.75, 3.05) is 11.6 Å². The number of rotatable bonds is 5. The first-order valence-electron chi connectivity index (χ1n) is 4.03. The van der Waals surface area contributed by atoms with Crippen LogP contribution < -0.4 is 0 Å². The molecule has 0 bridgehead atoms. The van der Waals surface area contributed by atoms with Crippen molar-refractivity contribution >= 4 is 29.1 Å². The normalized spacial score (nSPS) is 10.1. The molecule has 14 heavy (non-hydrogen) atoms. The van der Waals surface area contributed by atoms with E-state index in [1.165, 1.54) is 12.3 Å². The van der Waals surface area contributed by atoms with E-state index in [1.54, 1.807) is 17.8 Å².